The van der Waals surface area contributed by atoms with Crippen molar-refractivity contribution in [1.29, 1.82) is 0 Å². The fraction of sp³-hybridized carbons (Fsp3) is 0.650. The molecule has 0 aromatic heterocycles. The first-order valence-corrected chi connectivity index (χ1v) is 9.26. The summed E-state index contributed by atoms with van der Waals surface area (Å²) >= 11 is 0. The van der Waals surface area contributed by atoms with Crippen molar-refractivity contribution in [3.05, 3.63) is 29.3 Å². The van der Waals surface area contributed by atoms with Crippen LogP contribution in [0.4, 0.5) is 0 Å². The molecule has 0 spiro atoms. The van der Waals surface area contributed by atoms with Crippen molar-refractivity contribution < 1.29 is 4.74 Å². The van der Waals surface area contributed by atoms with Crippen LogP contribution in [0.15, 0.2) is 23.2 Å². The molecule has 0 aliphatic rings. The van der Waals surface area contributed by atoms with Crippen LogP contribution in [0, 0.1) is 6.92 Å². The first-order chi connectivity index (χ1) is 12.0. The highest BCUT2D eigenvalue weighted by molar-refractivity contribution is 5.79. The monoisotopic (exact) mass is 348 g/mol. The van der Waals surface area contributed by atoms with E-state index >= 15 is 0 Å². The van der Waals surface area contributed by atoms with Crippen molar-refractivity contribution in [2.24, 2.45) is 4.99 Å². The Kier molecular flexibility index (Phi) is 10.0. The van der Waals surface area contributed by atoms with Gasteiger partial charge >= 0.3 is 0 Å². The Morgan fingerprint density at radius 2 is 1.92 bits per heavy atom. The van der Waals surface area contributed by atoms with Gasteiger partial charge in [0.2, 0.25) is 0 Å². The van der Waals surface area contributed by atoms with Gasteiger partial charge in [0, 0.05) is 26.2 Å². The standard InChI is InChI=1S/C20H36N4O/c1-16(2)24(5)14-8-7-12-22-20(21-4)23-13-11-18-10-9-17(3)19(15-18)25-6/h9-10,15-16H,7-8,11-14H2,1-6H3,(H2,21,22,23). The van der Waals surface area contributed by atoms with E-state index in [-0.39, 0.29) is 0 Å². The van der Waals surface area contributed by atoms with E-state index in [1.54, 1.807) is 7.11 Å². The third-order valence-corrected chi connectivity index (χ3v) is 4.51. The first-order valence-electron chi connectivity index (χ1n) is 9.26. The Bertz CT molecular complexity index is 528. The molecule has 0 unspecified atom stereocenters. The molecule has 2 N–H and O–H groups in total. The number of aryl methyl sites for hydroxylation is 1. The average Bonchev–Trinajstić information content (AvgIpc) is 2.60. The van der Waals surface area contributed by atoms with Gasteiger partial charge in [0.05, 0.1) is 7.11 Å². The molecule has 0 atom stereocenters. The van der Waals surface area contributed by atoms with Crippen molar-refractivity contribution in [3.63, 3.8) is 0 Å². The Morgan fingerprint density at radius 1 is 1.20 bits per heavy atom. The number of unbranched alkanes of at least 4 members (excludes halogenated alkanes) is 1. The lowest BCUT2D eigenvalue weighted by molar-refractivity contribution is 0.268. The Morgan fingerprint density at radius 3 is 2.56 bits per heavy atom. The summed E-state index contributed by atoms with van der Waals surface area (Å²) < 4.78 is 5.38. The van der Waals surface area contributed by atoms with E-state index in [0.717, 1.165) is 44.2 Å². The molecule has 0 saturated heterocycles. The molecule has 142 valence electrons. The van der Waals surface area contributed by atoms with Crippen LogP contribution in [-0.4, -0.2) is 57.7 Å². The highest BCUT2D eigenvalue weighted by atomic mass is 16.5. The zero-order chi connectivity index (χ0) is 18.7. The van der Waals surface area contributed by atoms with Crippen LogP contribution in [0.25, 0.3) is 0 Å². The van der Waals surface area contributed by atoms with E-state index in [1.165, 1.54) is 17.5 Å². The van der Waals surface area contributed by atoms with Gasteiger partial charge in [0.25, 0.3) is 0 Å². The lowest BCUT2D eigenvalue weighted by Crippen LogP contribution is -2.39. The van der Waals surface area contributed by atoms with E-state index in [4.69, 9.17) is 4.74 Å². The smallest absolute Gasteiger partial charge is 0.190 e. The highest BCUT2D eigenvalue weighted by Crippen LogP contribution is 2.18. The van der Waals surface area contributed by atoms with E-state index in [2.05, 4.69) is 66.5 Å². The number of methoxy groups -OCH3 is 1. The highest BCUT2D eigenvalue weighted by Gasteiger charge is 2.03. The van der Waals surface area contributed by atoms with Crippen molar-refractivity contribution >= 4 is 5.96 Å². The van der Waals surface area contributed by atoms with E-state index in [9.17, 15) is 0 Å². The molecular formula is C20H36N4O. The second-order valence-electron chi connectivity index (χ2n) is 6.76. The maximum Gasteiger partial charge on any atom is 0.190 e. The number of rotatable bonds is 10. The molecule has 0 aliphatic carbocycles. The number of nitrogens with one attached hydrogen (secondary N) is 2. The number of aliphatic imine (C=N–C) groups is 1. The molecule has 0 fully saturated rings. The maximum absolute atomic E-state index is 5.38. The van der Waals surface area contributed by atoms with E-state index in [0.29, 0.717) is 6.04 Å². The van der Waals surface area contributed by atoms with Crippen LogP contribution in [0.1, 0.15) is 37.8 Å². The van der Waals surface area contributed by atoms with Crippen molar-refractivity contribution in [2.75, 3.05) is 40.8 Å². The molecule has 5 heteroatoms. The van der Waals surface area contributed by atoms with Gasteiger partial charge < -0.3 is 20.3 Å². The first kappa shape index (κ1) is 21.3. The molecule has 1 aromatic carbocycles. The summed E-state index contributed by atoms with van der Waals surface area (Å²) in [5.74, 6) is 1.82. The van der Waals surface area contributed by atoms with Crippen LogP contribution >= 0.6 is 0 Å². The molecule has 1 rings (SSSR count). The van der Waals surface area contributed by atoms with Crippen LogP contribution in [0.5, 0.6) is 5.75 Å². The molecule has 0 aliphatic heterocycles. The van der Waals surface area contributed by atoms with Gasteiger partial charge in [-0.15, -0.1) is 0 Å². The topological polar surface area (TPSA) is 48.9 Å². The minimum absolute atomic E-state index is 0.614. The fourth-order valence-corrected chi connectivity index (χ4v) is 2.52. The predicted molar refractivity (Wildman–Crippen MR) is 108 cm³/mol. The van der Waals surface area contributed by atoms with Crippen LogP contribution in [0.2, 0.25) is 0 Å². The molecule has 0 saturated carbocycles. The Balaban J connectivity index is 2.24. The number of hydrogen-bond acceptors (Lipinski definition) is 3. The zero-order valence-corrected chi connectivity index (χ0v) is 16.9. The minimum atomic E-state index is 0.614. The van der Waals surface area contributed by atoms with Gasteiger partial charge in [-0.25, -0.2) is 0 Å². The van der Waals surface area contributed by atoms with E-state index < -0.39 is 0 Å². The lowest BCUT2D eigenvalue weighted by atomic mass is 10.1. The summed E-state index contributed by atoms with van der Waals surface area (Å²) in [6, 6.07) is 6.98. The SMILES string of the molecule is CN=C(NCCCCN(C)C(C)C)NCCc1ccc(C)c(OC)c1. The van der Waals surface area contributed by atoms with Crippen molar-refractivity contribution in [3.8, 4) is 5.75 Å². The Hall–Kier alpha value is -1.75. The van der Waals surface area contributed by atoms with Gasteiger partial charge in [0.1, 0.15) is 5.75 Å². The second kappa shape index (κ2) is 11.7. The summed E-state index contributed by atoms with van der Waals surface area (Å²) in [5, 5.41) is 6.76. The van der Waals surface area contributed by atoms with Gasteiger partial charge in [-0.05, 0) is 70.8 Å². The summed E-state index contributed by atoms with van der Waals surface area (Å²) in [6.45, 7) is 9.46. The third kappa shape index (κ3) is 8.25. The van der Waals surface area contributed by atoms with Crippen molar-refractivity contribution in [2.45, 2.75) is 46.1 Å². The third-order valence-electron chi connectivity index (χ3n) is 4.51. The number of guanidine groups is 1. The van der Waals surface area contributed by atoms with Crippen LogP contribution in [0.3, 0.4) is 0 Å². The zero-order valence-electron chi connectivity index (χ0n) is 16.9. The lowest BCUT2D eigenvalue weighted by Gasteiger charge is -2.20. The molecule has 0 radical (unpaired) electrons. The Labute approximate surface area is 153 Å². The summed E-state index contributed by atoms with van der Waals surface area (Å²) in [7, 11) is 5.71. The minimum Gasteiger partial charge on any atom is -0.496 e. The summed E-state index contributed by atoms with van der Waals surface area (Å²) in [5.41, 5.74) is 2.43. The second-order valence-corrected chi connectivity index (χ2v) is 6.76. The van der Waals surface area contributed by atoms with E-state index in [1.807, 2.05) is 7.05 Å². The van der Waals surface area contributed by atoms with Gasteiger partial charge in [0.15, 0.2) is 5.96 Å². The van der Waals surface area contributed by atoms with Crippen LogP contribution in [-0.2, 0) is 6.42 Å². The summed E-state index contributed by atoms with van der Waals surface area (Å²) in [6.07, 6.45) is 3.28. The largest absolute Gasteiger partial charge is 0.496 e. The quantitative estimate of drug-likeness (QED) is 0.388. The average molecular weight is 349 g/mol. The van der Waals surface area contributed by atoms with Gasteiger partial charge in [-0.3, -0.25) is 4.99 Å². The molecule has 5 nitrogen and oxygen atoms in total. The number of nitrogens with zero attached hydrogens (tertiary/aromatic N) is 2. The fourth-order valence-electron chi connectivity index (χ4n) is 2.52. The van der Waals surface area contributed by atoms with Crippen molar-refractivity contribution in [1.82, 2.24) is 15.5 Å². The molecule has 0 bridgehead atoms. The summed E-state index contributed by atoms with van der Waals surface area (Å²) in [4.78, 5) is 6.67. The molecule has 0 heterocycles. The number of benzene rings is 1. The molecular weight excluding hydrogens is 312 g/mol. The maximum atomic E-state index is 5.38. The van der Waals surface area contributed by atoms with Gasteiger partial charge in [-0.1, -0.05) is 12.1 Å². The molecule has 25 heavy (non-hydrogen) atoms. The normalized spacial score (nSPS) is 11.9. The molecule has 0 amide bonds. The molecule has 1 aromatic rings. The van der Waals surface area contributed by atoms with Crippen LogP contribution < -0.4 is 15.4 Å². The van der Waals surface area contributed by atoms with Gasteiger partial charge in [-0.2, -0.15) is 0 Å². The predicted octanol–water partition coefficient (Wildman–Crippen LogP) is 2.83. The number of ether oxygens (including phenoxy) is 1. The number of hydrogen-bond donors (Lipinski definition) is 2.